The summed E-state index contributed by atoms with van der Waals surface area (Å²) in [5.41, 5.74) is 4.57. The Hall–Kier alpha value is -3.36. The van der Waals surface area contributed by atoms with Crippen LogP contribution in [0.15, 0.2) is 65.7 Å². The van der Waals surface area contributed by atoms with Gasteiger partial charge in [0, 0.05) is 19.0 Å². The Labute approximate surface area is 425 Å². The molecule has 412 valence electrons. The van der Waals surface area contributed by atoms with Crippen LogP contribution >= 0.6 is 15.6 Å². The van der Waals surface area contributed by atoms with Crippen molar-refractivity contribution in [3.8, 4) is 0 Å². The number of phosphoric ester groups is 2. The van der Waals surface area contributed by atoms with Gasteiger partial charge in [0.25, 0.3) is 0 Å². The van der Waals surface area contributed by atoms with E-state index in [1.165, 1.54) is 70.3 Å². The number of carbonyl (C=O) groups excluding carboxylic acids is 2. The number of carbonyl (C=O) groups is 2. The van der Waals surface area contributed by atoms with Crippen molar-refractivity contribution in [1.82, 2.24) is 9.55 Å². The van der Waals surface area contributed by atoms with Gasteiger partial charge in [0.15, 0.2) is 12.3 Å². The lowest BCUT2D eigenvalue weighted by atomic mass is 10.0. The molecule has 1 saturated heterocycles. The Kier molecular flexibility index (Phi) is 34.4. The van der Waals surface area contributed by atoms with Gasteiger partial charge in [-0.15, -0.1) is 0 Å². The van der Waals surface area contributed by atoms with Crippen LogP contribution in [0.3, 0.4) is 0 Å². The van der Waals surface area contributed by atoms with E-state index in [2.05, 4.69) is 23.1 Å². The number of phosphoric acid groups is 2. The number of nitrogen functional groups attached to an aromatic ring is 1. The van der Waals surface area contributed by atoms with E-state index in [0.717, 1.165) is 62.1 Å². The first kappa shape index (κ1) is 64.8. The second kappa shape index (κ2) is 38.2. The third kappa shape index (κ3) is 30.7. The van der Waals surface area contributed by atoms with Crippen molar-refractivity contribution < 1.29 is 76.5 Å². The number of aliphatic hydroxyl groups excluding tert-OH is 4. The summed E-state index contributed by atoms with van der Waals surface area (Å²) >= 11 is 0. The van der Waals surface area contributed by atoms with Crippen molar-refractivity contribution in [2.75, 3.05) is 25.6 Å². The minimum absolute atomic E-state index is 0.00267. The second-order valence-corrected chi connectivity index (χ2v) is 21.1. The summed E-state index contributed by atoms with van der Waals surface area (Å²) in [5.74, 6) is -1.53. The molecule has 0 amide bonds. The minimum Gasteiger partial charge on any atom is -0.462 e. The number of rotatable bonds is 42. The Bertz CT molecular complexity index is 1930. The first-order valence-corrected chi connectivity index (χ1v) is 28.9. The molecule has 0 spiro atoms. The van der Waals surface area contributed by atoms with Crippen LogP contribution in [0.5, 0.6) is 0 Å². The van der Waals surface area contributed by atoms with Gasteiger partial charge < -0.3 is 50.2 Å². The number of anilines is 1. The zero-order valence-electron chi connectivity index (χ0n) is 42.4. The summed E-state index contributed by atoms with van der Waals surface area (Å²) in [4.78, 5) is 61.9. The summed E-state index contributed by atoms with van der Waals surface area (Å²) in [6.45, 7) is 1.84. The highest BCUT2D eigenvalue weighted by atomic mass is 31.3. The fourth-order valence-corrected chi connectivity index (χ4v) is 9.64. The molecule has 2 rings (SSSR count). The molecule has 1 aromatic rings. The monoisotopic (exact) mass is 1060 g/mol. The van der Waals surface area contributed by atoms with Crippen molar-refractivity contribution in [3.63, 3.8) is 0 Å². The van der Waals surface area contributed by atoms with Crippen LogP contribution in [-0.2, 0) is 46.3 Å². The van der Waals surface area contributed by atoms with Crippen molar-refractivity contribution in [2.24, 2.45) is 0 Å². The average molecular weight is 1060 g/mol. The summed E-state index contributed by atoms with van der Waals surface area (Å²) in [5, 5.41) is 41.2. The van der Waals surface area contributed by atoms with Crippen molar-refractivity contribution >= 4 is 33.4 Å². The van der Waals surface area contributed by atoms with Crippen LogP contribution in [0.25, 0.3) is 0 Å². The molecule has 9 atom stereocenters. The molecule has 2 heterocycles. The number of ether oxygens (including phenoxy) is 3. The molecule has 2 unspecified atom stereocenters. The van der Waals surface area contributed by atoms with Crippen molar-refractivity contribution in [2.45, 2.75) is 211 Å². The molecule has 0 radical (unpaired) electrons. The minimum atomic E-state index is -5.47. The Morgan fingerprint density at radius 3 is 1.81 bits per heavy atom. The highest BCUT2D eigenvalue weighted by molar-refractivity contribution is 7.61. The van der Waals surface area contributed by atoms with Gasteiger partial charge in [-0.3, -0.25) is 23.2 Å². The van der Waals surface area contributed by atoms with Crippen molar-refractivity contribution in [3.05, 3.63) is 71.4 Å². The first-order valence-electron chi connectivity index (χ1n) is 25.9. The normalized spacial score (nSPS) is 20.3. The molecule has 1 fully saturated rings. The molecule has 0 aliphatic carbocycles. The Morgan fingerprint density at radius 1 is 0.722 bits per heavy atom. The topological polar surface area (TPSA) is 306 Å². The lowest BCUT2D eigenvalue weighted by Crippen LogP contribution is -2.36. The smallest absolute Gasteiger partial charge is 0.462 e. The maximum absolute atomic E-state index is 12.9. The SMILES string of the molecule is CCCCCCCCCCCCCCCCCC(=O)O[C@H](COC(=O)CCC[C@@H](O)/C=C/C=C\C/C=C\C=C\[C@@H](O)CCCCC)COP(=O)(O)OP(=O)(O)OC[C@H]1O[C@@H](n2ccc(N)nc2=O)[C@H](O)[C@@H]1O. The van der Waals surface area contributed by atoms with Crippen LogP contribution < -0.4 is 11.4 Å². The number of hydrogen-bond donors (Lipinski definition) is 7. The maximum Gasteiger partial charge on any atom is 0.481 e. The van der Waals surface area contributed by atoms with Gasteiger partial charge in [0.2, 0.25) is 0 Å². The van der Waals surface area contributed by atoms with Crippen molar-refractivity contribution in [1.29, 1.82) is 0 Å². The van der Waals surface area contributed by atoms with E-state index in [9.17, 15) is 53.7 Å². The van der Waals surface area contributed by atoms with Gasteiger partial charge in [0.05, 0.1) is 25.4 Å². The molecule has 72 heavy (non-hydrogen) atoms. The molecule has 22 heteroatoms. The average Bonchev–Trinajstić information content (AvgIpc) is 3.60. The highest BCUT2D eigenvalue weighted by Gasteiger charge is 2.46. The third-order valence-corrected chi connectivity index (χ3v) is 14.2. The van der Waals surface area contributed by atoms with E-state index >= 15 is 0 Å². The molecule has 0 aromatic carbocycles. The molecule has 20 nitrogen and oxygen atoms in total. The summed E-state index contributed by atoms with van der Waals surface area (Å²) in [6.07, 6.45) is 28.2. The van der Waals surface area contributed by atoms with Gasteiger partial charge in [-0.25, -0.2) is 13.9 Å². The van der Waals surface area contributed by atoms with Gasteiger partial charge in [-0.05, 0) is 38.2 Å². The number of esters is 2. The number of nitrogens with two attached hydrogens (primary N) is 1. The molecule has 1 aromatic heterocycles. The Morgan fingerprint density at radius 2 is 1.24 bits per heavy atom. The van der Waals surface area contributed by atoms with Crippen LogP contribution in [-0.4, -0.2) is 108 Å². The van der Waals surface area contributed by atoms with E-state index in [1.54, 1.807) is 24.3 Å². The van der Waals surface area contributed by atoms with Crippen LogP contribution in [0.2, 0.25) is 0 Å². The molecular formula is C50H85N3O17P2. The van der Waals surface area contributed by atoms with E-state index in [-0.39, 0.29) is 31.5 Å². The van der Waals surface area contributed by atoms with Gasteiger partial charge in [-0.1, -0.05) is 172 Å². The Balaban J connectivity index is 1.86. The van der Waals surface area contributed by atoms with E-state index in [1.807, 2.05) is 24.3 Å². The number of nitrogens with zero attached hydrogens (tertiary/aromatic N) is 2. The molecular weight excluding hydrogens is 977 g/mol. The summed E-state index contributed by atoms with van der Waals surface area (Å²) < 4.78 is 56.6. The van der Waals surface area contributed by atoms with Crippen LogP contribution in [0, 0.1) is 0 Å². The summed E-state index contributed by atoms with van der Waals surface area (Å²) in [7, 11) is -10.9. The molecule has 1 aliphatic rings. The molecule has 0 saturated carbocycles. The molecule has 8 N–H and O–H groups in total. The van der Waals surface area contributed by atoms with Crippen LogP contribution in [0.1, 0.15) is 174 Å². The first-order chi connectivity index (χ1) is 34.5. The predicted molar refractivity (Wildman–Crippen MR) is 273 cm³/mol. The van der Waals surface area contributed by atoms with Crippen LogP contribution in [0.4, 0.5) is 5.82 Å². The fraction of sp³-hybridized carbons (Fsp3) is 0.720. The standard InChI is InChI=1S/C50H85N3O17P2/c1-3-5-7-8-9-10-11-12-13-14-15-16-20-23-27-33-46(57)68-42(37-65-45(56)34-28-32-41(55)31-26-22-19-17-18-21-25-30-40(54)29-24-6-4-2)38-66-71(61,62)70-72(63,64)67-39-43-47(58)48(59)49(69-43)53-36-35-44(51)52-50(53)60/h18-19,21-22,25-26,30-31,35-36,40-43,47-49,54-55,58-59H,3-17,20,23-24,27-29,32-34,37-39H2,1-2H3,(H,61,62)(H,63,64)(H2,51,52,60)/b21-18-,22-19-,30-25+,31-26+/t40-,41-,42+,43+,47+,48+,49+/m0/s1. The number of aliphatic hydroxyl groups is 4. The van der Waals surface area contributed by atoms with E-state index < -0.39 is 95.9 Å². The van der Waals surface area contributed by atoms with Gasteiger partial charge in [0.1, 0.15) is 30.7 Å². The molecule has 0 bridgehead atoms. The third-order valence-electron chi connectivity index (χ3n) is 11.6. The van der Waals surface area contributed by atoms with Gasteiger partial charge >= 0.3 is 33.3 Å². The van der Waals surface area contributed by atoms with E-state index in [4.69, 9.17) is 29.0 Å². The molecule has 1 aliphatic heterocycles. The highest BCUT2D eigenvalue weighted by Crippen LogP contribution is 2.60. The number of allylic oxidation sites excluding steroid dienone is 6. The maximum atomic E-state index is 12.9. The zero-order valence-corrected chi connectivity index (χ0v) is 44.2. The number of hydrogen-bond acceptors (Lipinski definition) is 17. The van der Waals surface area contributed by atoms with E-state index in [0.29, 0.717) is 12.8 Å². The fourth-order valence-electron chi connectivity index (χ4n) is 7.53. The predicted octanol–water partition coefficient (Wildman–Crippen LogP) is 8.50. The second-order valence-electron chi connectivity index (χ2n) is 18.1. The quantitative estimate of drug-likeness (QED) is 0.0140. The zero-order chi connectivity index (χ0) is 53.0. The van der Waals surface area contributed by atoms with Gasteiger partial charge in [-0.2, -0.15) is 9.29 Å². The lowest BCUT2D eigenvalue weighted by molar-refractivity contribution is -0.161. The lowest BCUT2D eigenvalue weighted by Gasteiger charge is -2.21. The largest absolute Gasteiger partial charge is 0.481 e. The summed E-state index contributed by atoms with van der Waals surface area (Å²) in [6, 6.07) is 1.23. The number of aromatic nitrogens is 2. The number of unbranched alkanes of at least 4 members (excludes halogenated alkanes) is 16.